The van der Waals surface area contributed by atoms with Crippen LogP contribution in [0.25, 0.3) is 11.1 Å². The molecule has 0 aliphatic carbocycles. The van der Waals surface area contributed by atoms with E-state index in [1.165, 1.54) is 47.2 Å². The Bertz CT molecular complexity index is 4990. The highest BCUT2D eigenvalue weighted by Crippen LogP contribution is 2.49. The number of fused-ring (bicyclic) bond motifs is 3. The fourth-order valence-corrected chi connectivity index (χ4v) is 23.4. The Morgan fingerprint density at radius 2 is 0.610 bits per heavy atom. The first-order chi connectivity index (χ1) is 50.2. The number of sulfone groups is 2. The molecule has 1 aliphatic heterocycles. The van der Waals surface area contributed by atoms with Crippen molar-refractivity contribution in [2.24, 2.45) is 0 Å². The second kappa shape index (κ2) is 39.0. The third kappa shape index (κ3) is 22.9. The summed E-state index contributed by atoms with van der Waals surface area (Å²) in [5, 5.41) is 27.5. The summed E-state index contributed by atoms with van der Waals surface area (Å²) in [5.74, 6) is 0. The Hall–Kier alpha value is -10.3. The minimum absolute atomic E-state index is 0.259. The molecule has 0 N–H and O–H groups in total. The average molecular weight is 1520 g/mol. The Morgan fingerprint density at radius 1 is 0.352 bits per heavy atom. The van der Waals surface area contributed by atoms with Crippen LogP contribution in [0.2, 0.25) is 6.55 Å². The predicted molar refractivity (Wildman–Crippen MR) is 442 cm³/mol. The molecule has 2 aromatic heterocycles. The lowest BCUT2D eigenvalue weighted by Crippen LogP contribution is -2.64. The molecule has 19 heteroatoms. The van der Waals surface area contributed by atoms with Crippen LogP contribution in [0, 0.1) is 22.7 Å². The lowest BCUT2D eigenvalue weighted by Gasteiger charge is -2.29. The van der Waals surface area contributed by atoms with Crippen molar-refractivity contribution in [1.29, 1.82) is 10.5 Å². The zero-order chi connectivity index (χ0) is 76.0. The lowest BCUT2D eigenvalue weighted by atomic mass is 10.1. The van der Waals surface area contributed by atoms with Gasteiger partial charge in [0.15, 0.2) is 19.7 Å². The highest BCUT2D eigenvalue weighted by atomic mass is 32.2. The van der Waals surface area contributed by atoms with Gasteiger partial charge in [-0.1, -0.05) is 286 Å². The summed E-state index contributed by atoms with van der Waals surface area (Å²) in [6.07, 6.45) is 8.58. The third-order valence-electron chi connectivity index (χ3n) is 16.9. The van der Waals surface area contributed by atoms with Gasteiger partial charge in [-0.3, -0.25) is 9.97 Å². The van der Waals surface area contributed by atoms with Crippen LogP contribution in [0.5, 0.6) is 0 Å². The minimum atomic E-state index is -3.07. The molecule has 11 aromatic carbocycles. The van der Waals surface area contributed by atoms with Gasteiger partial charge in [0.1, 0.15) is 36.6 Å². The van der Waals surface area contributed by atoms with Crippen LogP contribution in [-0.4, -0.2) is 74.0 Å². The van der Waals surface area contributed by atoms with Gasteiger partial charge >= 0.3 is 0 Å². The molecule has 3 heterocycles. The van der Waals surface area contributed by atoms with Crippen LogP contribution in [-0.2, 0) is 37.9 Å². The van der Waals surface area contributed by atoms with E-state index in [0.29, 0.717) is 10.5 Å². The van der Waals surface area contributed by atoms with E-state index in [-0.39, 0.29) is 4.90 Å². The van der Waals surface area contributed by atoms with Gasteiger partial charge in [0, 0.05) is 86.7 Å². The summed E-state index contributed by atoms with van der Waals surface area (Å²) in [6, 6.07) is 113. The number of nitriles is 2. The van der Waals surface area contributed by atoms with Crippen molar-refractivity contribution in [3.8, 4) is 23.3 Å². The highest BCUT2D eigenvalue weighted by molar-refractivity contribution is 7.91. The van der Waals surface area contributed by atoms with E-state index in [9.17, 15) is 35.1 Å². The maximum Gasteiger partial charge on any atom is 0.177 e. The lowest BCUT2D eigenvalue weighted by molar-refractivity contribution is 0.589. The molecular formula is C86H84N4O8P4S2Si. The molecule has 0 saturated heterocycles. The normalized spacial score (nSPS) is 12.5. The monoisotopic (exact) mass is 1520 g/mol. The Labute approximate surface area is 621 Å². The molecule has 532 valence electrons. The molecule has 0 bridgehead atoms. The summed E-state index contributed by atoms with van der Waals surface area (Å²) < 4.78 is 93.8. The molecule has 1 aliphatic rings. The first-order valence-electron chi connectivity index (χ1n) is 33.2. The summed E-state index contributed by atoms with van der Waals surface area (Å²) >= 11 is 0. The zero-order valence-electron chi connectivity index (χ0n) is 59.8. The van der Waals surface area contributed by atoms with Crippen molar-refractivity contribution in [3.05, 3.63) is 370 Å². The number of nitrogens with zero attached hydrogens (tertiary/aromatic N) is 4. The number of hydrogen-bond donors (Lipinski definition) is 0. The van der Waals surface area contributed by atoms with Crippen molar-refractivity contribution in [2.75, 3.05) is 39.2 Å². The molecule has 2 unspecified atom stereocenters. The molecule has 105 heavy (non-hydrogen) atoms. The van der Waals surface area contributed by atoms with E-state index in [0.717, 1.165) is 59.8 Å². The maximum atomic E-state index is 12.7. The maximum absolute atomic E-state index is 12.7. The topological polar surface area (TPSA) is 210 Å². The van der Waals surface area contributed by atoms with Crippen LogP contribution in [0.4, 0.5) is 0 Å². The first kappa shape index (κ1) is 82.0. The zero-order valence-corrected chi connectivity index (χ0v) is 66.0. The molecule has 2 atom stereocenters. The number of benzene rings is 11. The van der Waals surface area contributed by atoms with Crippen molar-refractivity contribution in [2.45, 2.75) is 23.3 Å². The predicted octanol–water partition coefficient (Wildman–Crippen LogP) is 14.7. The van der Waals surface area contributed by atoms with Gasteiger partial charge < -0.3 is 18.3 Å². The van der Waals surface area contributed by atoms with Crippen LogP contribution >= 0.6 is 28.6 Å². The van der Waals surface area contributed by atoms with Crippen LogP contribution in [0.1, 0.15) is 12.5 Å². The van der Waals surface area contributed by atoms with Gasteiger partial charge in [-0.2, -0.15) is 10.5 Å². The molecule has 0 saturated carbocycles. The highest BCUT2D eigenvalue weighted by Gasteiger charge is 2.35. The molecule has 0 spiro atoms. The molecular weight excluding hydrogens is 1430 g/mol. The van der Waals surface area contributed by atoms with Gasteiger partial charge in [-0.25, -0.2) is 16.8 Å². The molecule has 0 radical (unpaired) electrons. The quantitative estimate of drug-likeness (QED) is 0.0673. The van der Waals surface area contributed by atoms with E-state index in [4.69, 9.17) is 10.5 Å². The van der Waals surface area contributed by atoms with Gasteiger partial charge in [0.2, 0.25) is 0 Å². The SMILES string of the molecule is CC#N.CP(=O)(c1ccccc1)c1ccc(C#N)cc1.CP(=O)(c1ccccc1)c1ccccc1.CP(=O)(c1ccccc1)c1cccnc1.CP1(=O)c2ccccc2-c2ccccc21.CS(=O)(=O)c1ccccc1.CS(=O)(=O)c1cccnc1.C[Si](c1ccccc1)(c1ccccc1)c1ccccc1. The largest absolute Gasteiger partial charge is 0.314 e. The fourth-order valence-electron chi connectivity index (χ4n) is 11.0. The Morgan fingerprint density at radius 3 is 0.886 bits per heavy atom. The van der Waals surface area contributed by atoms with Crippen molar-refractivity contribution in [3.63, 3.8) is 0 Å². The molecule has 0 amide bonds. The Kier molecular flexibility index (Phi) is 30.5. The summed E-state index contributed by atoms with van der Waals surface area (Å²) in [6.45, 7) is 11.1. The smallest absolute Gasteiger partial charge is 0.177 e. The fraction of sp³-hybridized carbons (Fsp3) is 0.0930. The molecule has 12 nitrogen and oxygen atoms in total. The standard InChI is InChI=1S/C19H18Si.C14H12NOP.C13H11OP.C13H13OP.C12H12NOP.C7H8O2S.C6H7NO2S.C2H3N/c1-20(17-11-5-2-6-12-17,18-13-7-3-8-14-18)19-15-9-4-10-16-19;1-17(16,13-5-3-2-4-6-13)14-9-7-12(11-15)8-10-14;1-15(14)12-8-4-2-6-10(12)11-7-3-5-9-13(11)15;1-15(14,12-8-4-2-5-9-12)13-10-6-3-7-11-13;1-15(14,11-6-3-2-4-7-11)12-8-5-9-13-10-12;1-10(8,9)7-5-3-2-4-6-7;1-10(8,9)6-3-2-4-7-5-6;1-2-3/h2-16H,1H3;2-10H,1H3;2-9H,1H3;2-11H,1H3;2-10H,1H3;2-6H,1H3;2-5H,1H3;1H3. The second-order valence-electron chi connectivity index (χ2n) is 24.4. The Balaban J connectivity index is 0.000000172. The number of rotatable bonds is 11. The first-order valence-corrected chi connectivity index (χ1v) is 48.1. The third-order valence-corrected chi connectivity index (χ3v) is 33.9. The van der Waals surface area contributed by atoms with Crippen LogP contribution in [0.3, 0.4) is 0 Å². The number of pyridine rings is 2. The van der Waals surface area contributed by atoms with Gasteiger partial charge in [0.25, 0.3) is 0 Å². The summed E-state index contributed by atoms with van der Waals surface area (Å²) in [5.41, 5.74) is 2.86. The summed E-state index contributed by atoms with van der Waals surface area (Å²) in [4.78, 5) is 8.31. The van der Waals surface area contributed by atoms with Crippen LogP contribution in [0.15, 0.2) is 374 Å². The minimum Gasteiger partial charge on any atom is -0.314 e. The van der Waals surface area contributed by atoms with Crippen LogP contribution < -0.4 is 58.0 Å². The van der Waals surface area contributed by atoms with E-state index >= 15 is 0 Å². The van der Waals surface area contributed by atoms with E-state index in [2.05, 4.69) is 126 Å². The molecule has 13 aromatic rings. The second-order valence-corrected chi connectivity index (χ2v) is 43.9. The van der Waals surface area contributed by atoms with Gasteiger partial charge in [0.05, 0.1) is 27.5 Å². The average Bonchev–Trinajstić information content (AvgIpc) is 1.62. The van der Waals surface area contributed by atoms with Crippen molar-refractivity contribution >= 4 is 114 Å². The van der Waals surface area contributed by atoms with Gasteiger partial charge in [-0.15, -0.1) is 0 Å². The van der Waals surface area contributed by atoms with E-state index < -0.39 is 56.3 Å². The number of aromatic nitrogens is 2. The summed E-state index contributed by atoms with van der Waals surface area (Å²) in [7, 11) is -17.7. The van der Waals surface area contributed by atoms with Gasteiger partial charge in [-0.05, 0) is 114 Å². The van der Waals surface area contributed by atoms with E-state index in [1.54, 1.807) is 92.5 Å². The molecule has 14 rings (SSSR count). The van der Waals surface area contributed by atoms with Crippen molar-refractivity contribution < 1.29 is 35.1 Å². The van der Waals surface area contributed by atoms with Crippen molar-refractivity contribution in [1.82, 2.24) is 9.97 Å². The molecule has 0 fully saturated rings. The van der Waals surface area contributed by atoms with E-state index in [1.807, 2.05) is 183 Å². The number of hydrogen-bond acceptors (Lipinski definition) is 12.